The maximum Gasteiger partial charge on any atom is 0.241 e. The van der Waals surface area contributed by atoms with E-state index in [2.05, 4.69) is 0 Å². The average molecular weight is 565 g/mol. The number of aromatic hydroxyl groups is 1. The molecule has 6 unspecified atom stereocenters. The number of halogens is 2. The second kappa shape index (κ2) is 8.74. The summed E-state index contributed by atoms with van der Waals surface area (Å²) in [6, 6.07) is 10.3. The van der Waals surface area contributed by atoms with Crippen LogP contribution in [0.2, 0.25) is 5.02 Å². The molecule has 3 fully saturated rings. The van der Waals surface area contributed by atoms with Crippen molar-refractivity contribution in [3.8, 4) is 5.75 Å². The summed E-state index contributed by atoms with van der Waals surface area (Å²) in [6.07, 6.45) is 2.57. The maximum atomic E-state index is 14.3. The Bertz CT molecular complexity index is 1510. The smallest absolute Gasteiger partial charge is 0.241 e. The molecule has 1 N–H and O–H groups in total. The molecule has 2 aromatic rings. The number of carbonyl (C=O) groups is 4. The van der Waals surface area contributed by atoms with Gasteiger partial charge in [0, 0.05) is 11.5 Å². The quantitative estimate of drug-likeness (QED) is 0.399. The van der Waals surface area contributed by atoms with Crippen molar-refractivity contribution in [2.24, 2.45) is 29.1 Å². The van der Waals surface area contributed by atoms with Crippen molar-refractivity contribution in [1.29, 1.82) is 0 Å². The highest BCUT2D eigenvalue weighted by atomic mass is 35.5. The number of hydrogen-bond donors (Lipinski definition) is 1. The predicted molar refractivity (Wildman–Crippen MR) is 146 cm³/mol. The van der Waals surface area contributed by atoms with Crippen LogP contribution in [0, 0.1) is 34.9 Å². The number of allylic oxidation sites excluding steroid dienone is 2. The Morgan fingerprint density at radius 1 is 0.975 bits per heavy atom. The van der Waals surface area contributed by atoms with E-state index in [1.165, 1.54) is 29.2 Å². The monoisotopic (exact) mass is 564 g/mol. The van der Waals surface area contributed by atoms with Crippen LogP contribution in [0.1, 0.15) is 52.0 Å². The zero-order valence-corrected chi connectivity index (χ0v) is 23.4. The molecule has 4 amide bonds. The number of fused-ring (bicyclic) bond motifs is 4. The number of nitrogens with zero attached hydrogens (tertiary/aromatic N) is 2. The Hall–Kier alpha value is -3.52. The molecule has 1 saturated carbocycles. The van der Waals surface area contributed by atoms with E-state index in [9.17, 15) is 28.7 Å². The van der Waals surface area contributed by atoms with Crippen molar-refractivity contribution >= 4 is 40.9 Å². The fourth-order valence-electron chi connectivity index (χ4n) is 7.59. The van der Waals surface area contributed by atoms with E-state index in [-0.39, 0.29) is 34.7 Å². The lowest BCUT2D eigenvalue weighted by Gasteiger charge is -2.49. The summed E-state index contributed by atoms with van der Waals surface area (Å²) >= 11 is 6.02. The van der Waals surface area contributed by atoms with Crippen LogP contribution >= 0.6 is 11.6 Å². The molecule has 2 aromatic carbocycles. The number of carbonyl (C=O) groups excluding carboxylic acids is 4. The van der Waals surface area contributed by atoms with Crippen molar-refractivity contribution in [3.63, 3.8) is 0 Å². The molecular weight excluding hydrogens is 535 g/mol. The third-order valence-electron chi connectivity index (χ3n) is 9.33. The summed E-state index contributed by atoms with van der Waals surface area (Å²) in [4.78, 5) is 58.1. The van der Waals surface area contributed by atoms with E-state index in [0.717, 1.165) is 22.1 Å². The van der Waals surface area contributed by atoms with Crippen LogP contribution in [-0.4, -0.2) is 39.2 Å². The summed E-state index contributed by atoms with van der Waals surface area (Å²) in [5.41, 5.74) is -0.142. The first-order valence-corrected chi connectivity index (χ1v) is 13.8. The zero-order chi connectivity index (χ0) is 28.9. The molecule has 2 saturated heterocycles. The number of amides is 4. The molecule has 40 heavy (non-hydrogen) atoms. The largest absolute Gasteiger partial charge is 0.508 e. The van der Waals surface area contributed by atoms with Crippen LogP contribution in [0.25, 0.3) is 0 Å². The molecule has 4 aliphatic rings. The number of likely N-dealkylation sites (tertiary alicyclic amines) is 1. The van der Waals surface area contributed by atoms with Crippen LogP contribution in [0.4, 0.5) is 10.1 Å². The van der Waals surface area contributed by atoms with Gasteiger partial charge in [0.2, 0.25) is 23.6 Å². The molecule has 2 heterocycles. The fraction of sp³-hybridized carbons (Fsp3) is 0.419. The zero-order valence-electron chi connectivity index (χ0n) is 22.7. The van der Waals surface area contributed by atoms with E-state index in [1.807, 2.05) is 26.8 Å². The van der Waals surface area contributed by atoms with Crippen molar-refractivity contribution in [2.45, 2.75) is 52.0 Å². The molecular formula is C31H30ClFN2O5. The molecule has 0 spiro atoms. The fourth-order valence-corrected chi connectivity index (χ4v) is 7.77. The Balaban J connectivity index is 1.51. The minimum absolute atomic E-state index is 0.0595. The van der Waals surface area contributed by atoms with Gasteiger partial charge in [-0.05, 0) is 82.3 Å². The van der Waals surface area contributed by atoms with Gasteiger partial charge in [0.1, 0.15) is 11.6 Å². The van der Waals surface area contributed by atoms with Gasteiger partial charge < -0.3 is 5.11 Å². The summed E-state index contributed by atoms with van der Waals surface area (Å²) in [5, 5.41) is 9.79. The first-order valence-electron chi connectivity index (χ1n) is 13.5. The summed E-state index contributed by atoms with van der Waals surface area (Å²) in [5.74, 6) is -4.88. The topological polar surface area (TPSA) is 95.0 Å². The van der Waals surface area contributed by atoms with Crippen LogP contribution in [0.5, 0.6) is 5.75 Å². The maximum absolute atomic E-state index is 14.3. The average Bonchev–Trinajstić information content (AvgIpc) is 3.26. The van der Waals surface area contributed by atoms with Crippen LogP contribution in [0.3, 0.4) is 0 Å². The molecule has 2 aliphatic heterocycles. The van der Waals surface area contributed by atoms with Gasteiger partial charge in [0.05, 0.1) is 33.9 Å². The number of benzene rings is 2. The molecule has 2 aliphatic carbocycles. The van der Waals surface area contributed by atoms with Crippen molar-refractivity contribution in [3.05, 3.63) is 70.5 Å². The van der Waals surface area contributed by atoms with Gasteiger partial charge >= 0.3 is 0 Å². The van der Waals surface area contributed by atoms with Gasteiger partial charge in [0.15, 0.2) is 0 Å². The number of anilines is 1. The molecule has 208 valence electrons. The van der Waals surface area contributed by atoms with Gasteiger partial charge in [-0.1, -0.05) is 35.4 Å². The van der Waals surface area contributed by atoms with Gasteiger partial charge in [-0.15, -0.1) is 0 Å². The Kier molecular flexibility index (Phi) is 5.83. The minimum Gasteiger partial charge on any atom is -0.508 e. The lowest BCUT2D eigenvalue weighted by atomic mass is 9.51. The Labute approximate surface area is 236 Å². The first-order chi connectivity index (χ1) is 18.8. The SMILES string of the molecule is CC12C(=O)N(c3ccc(F)c(Cl)c3)C(=O)C1CC1C(=CCC3C(=O)N(C(C)(C)C)C(=O)C31)C2c1ccc(O)cc1. The third kappa shape index (κ3) is 3.54. The summed E-state index contributed by atoms with van der Waals surface area (Å²) in [6.45, 7) is 7.26. The number of phenolic OH excluding ortho intramolecular Hbond substituents is 1. The van der Waals surface area contributed by atoms with Crippen LogP contribution < -0.4 is 4.90 Å². The molecule has 0 radical (unpaired) electrons. The predicted octanol–water partition coefficient (Wildman–Crippen LogP) is 5.21. The normalized spacial score (nSPS) is 31.8. The van der Waals surface area contributed by atoms with Crippen molar-refractivity contribution in [1.82, 2.24) is 4.90 Å². The van der Waals surface area contributed by atoms with E-state index in [0.29, 0.717) is 6.42 Å². The second-order valence-electron chi connectivity index (χ2n) is 12.5. The van der Waals surface area contributed by atoms with E-state index in [4.69, 9.17) is 11.6 Å². The Morgan fingerprint density at radius 3 is 2.27 bits per heavy atom. The second-order valence-corrected chi connectivity index (χ2v) is 12.9. The highest BCUT2D eigenvalue weighted by molar-refractivity contribution is 6.31. The van der Waals surface area contributed by atoms with E-state index >= 15 is 0 Å². The molecule has 6 rings (SSSR count). The van der Waals surface area contributed by atoms with Gasteiger partial charge in [-0.25, -0.2) is 9.29 Å². The van der Waals surface area contributed by atoms with Crippen LogP contribution in [-0.2, 0) is 19.2 Å². The number of hydrogen-bond acceptors (Lipinski definition) is 5. The molecule has 0 aromatic heterocycles. The van der Waals surface area contributed by atoms with Crippen LogP contribution in [0.15, 0.2) is 54.1 Å². The van der Waals surface area contributed by atoms with Gasteiger partial charge in [-0.3, -0.25) is 24.1 Å². The van der Waals surface area contributed by atoms with Gasteiger partial charge in [0.25, 0.3) is 0 Å². The number of rotatable bonds is 2. The van der Waals surface area contributed by atoms with E-state index < -0.39 is 58.2 Å². The number of phenols is 1. The lowest BCUT2D eigenvalue weighted by Crippen LogP contribution is -2.49. The third-order valence-corrected chi connectivity index (χ3v) is 9.62. The number of imide groups is 2. The van der Waals surface area contributed by atoms with Crippen molar-refractivity contribution in [2.75, 3.05) is 4.90 Å². The summed E-state index contributed by atoms with van der Waals surface area (Å²) < 4.78 is 14.0. The Morgan fingerprint density at radius 2 is 1.65 bits per heavy atom. The first kappa shape index (κ1) is 26.7. The highest BCUT2D eigenvalue weighted by Crippen LogP contribution is 2.63. The molecule has 6 atom stereocenters. The van der Waals surface area contributed by atoms with Crippen molar-refractivity contribution < 1.29 is 28.7 Å². The minimum atomic E-state index is -1.22. The molecule has 0 bridgehead atoms. The highest BCUT2D eigenvalue weighted by Gasteiger charge is 2.68. The van der Waals surface area contributed by atoms with Gasteiger partial charge in [-0.2, -0.15) is 0 Å². The molecule has 7 nitrogen and oxygen atoms in total. The lowest BCUT2D eigenvalue weighted by molar-refractivity contribution is -0.145. The summed E-state index contributed by atoms with van der Waals surface area (Å²) in [7, 11) is 0. The molecule has 9 heteroatoms. The standard InChI is InChI=1S/C31H30ClFN2O5/c1-30(2,3)35-26(37)19-11-10-18-20(24(19)28(35)39)14-21-27(38)34(16-7-12-23(33)22(32)13-16)29(40)31(21,4)25(18)15-5-8-17(36)9-6-15/h5-10,12-13,19-21,24-25,36H,11,14H2,1-4H3. The van der Waals surface area contributed by atoms with E-state index in [1.54, 1.807) is 19.1 Å².